The van der Waals surface area contributed by atoms with Crippen molar-refractivity contribution in [3.63, 3.8) is 0 Å². The van der Waals surface area contributed by atoms with Crippen LogP contribution in [0.5, 0.6) is 0 Å². The van der Waals surface area contributed by atoms with E-state index in [4.69, 9.17) is 19.5 Å². The molecule has 0 aromatic rings. The van der Waals surface area contributed by atoms with E-state index in [0.29, 0.717) is 5.57 Å². The maximum atomic E-state index is 12.6. The minimum absolute atomic E-state index is 0.0144. The third kappa shape index (κ3) is 4.31. The van der Waals surface area contributed by atoms with Crippen LogP contribution >= 0.6 is 0 Å². The van der Waals surface area contributed by atoms with Gasteiger partial charge in [0.2, 0.25) is 0 Å². The Morgan fingerprint density at radius 2 is 1.65 bits per heavy atom. The van der Waals surface area contributed by atoms with Crippen molar-refractivity contribution >= 4 is 17.9 Å². The number of esters is 3. The van der Waals surface area contributed by atoms with Crippen LogP contribution < -0.4 is 0 Å². The molecular weight excluding hydrogens is 338 g/mol. The molecule has 0 N–H and O–H groups in total. The van der Waals surface area contributed by atoms with Gasteiger partial charge in [0.15, 0.2) is 5.41 Å². The molecule has 0 spiro atoms. The summed E-state index contributed by atoms with van der Waals surface area (Å²) in [6.07, 6.45) is 0.0908. The summed E-state index contributed by atoms with van der Waals surface area (Å²) in [6, 6.07) is 1.92. The van der Waals surface area contributed by atoms with Gasteiger partial charge in [-0.1, -0.05) is 13.2 Å². The Labute approximate surface area is 153 Å². The Hall–Kier alpha value is -2.62. The summed E-state index contributed by atoms with van der Waals surface area (Å²) in [5.74, 6) is -2.74. The molecule has 1 fully saturated rings. The number of nitrogens with zero attached hydrogens (tertiary/aromatic N) is 1. The first-order chi connectivity index (χ1) is 12.3. The Kier molecular flexibility index (Phi) is 7.56. The number of methoxy groups -OCH3 is 1. The average Bonchev–Trinajstić information content (AvgIpc) is 3.01. The second kappa shape index (κ2) is 9.18. The molecule has 0 unspecified atom stereocenters. The van der Waals surface area contributed by atoms with Crippen LogP contribution in [0.3, 0.4) is 0 Å². The SMILES string of the molecule is C=C(C#N)C(=C)[C@@H]1CC(C(=O)OCC)(C(=O)OCC)C[C@@H]1CC(=O)OC. The van der Waals surface area contributed by atoms with Gasteiger partial charge in [-0.3, -0.25) is 14.4 Å². The van der Waals surface area contributed by atoms with Crippen molar-refractivity contribution in [2.45, 2.75) is 33.1 Å². The number of nitriles is 1. The van der Waals surface area contributed by atoms with E-state index in [1.54, 1.807) is 13.8 Å². The van der Waals surface area contributed by atoms with Gasteiger partial charge < -0.3 is 14.2 Å². The summed E-state index contributed by atoms with van der Waals surface area (Å²) in [5, 5.41) is 9.11. The van der Waals surface area contributed by atoms with Crippen molar-refractivity contribution in [3.05, 3.63) is 24.3 Å². The summed E-state index contributed by atoms with van der Waals surface area (Å²) in [5.41, 5.74) is -0.987. The Morgan fingerprint density at radius 3 is 2.08 bits per heavy atom. The van der Waals surface area contributed by atoms with Crippen molar-refractivity contribution in [1.82, 2.24) is 0 Å². The fraction of sp³-hybridized carbons (Fsp3) is 0.579. The molecule has 0 aromatic heterocycles. The fourth-order valence-corrected chi connectivity index (χ4v) is 3.39. The van der Waals surface area contributed by atoms with Crippen molar-refractivity contribution in [2.24, 2.45) is 17.3 Å². The van der Waals surface area contributed by atoms with Gasteiger partial charge in [-0.15, -0.1) is 0 Å². The minimum atomic E-state index is -1.53. The molecule has 0 aliphatic heterocycles. The molecule has 7 heteroatoms. The summed E-state index contributed by atoms with van der Waals surface area (Å²) in [6.45, 7) is 11.0. The molecule has 0 heterocycles. The molecule has 1 aliphatic carbocycles. The number of hydrogen-bond acceptors (Lipinski definition) is 7. The molecule has 1 aliphatic rings. The molecule has 7 nitrogen and oxygen atoms in total. The van der Waals surface area contributed by atoms with Crippen LogP contribution in [0.2, 0.25) is 0 Å². The third-order valence-electron chi connectivity index (χ3n) is 4.71. The molecule has 0 bridgehead atoms. The number of carbonyl (C=O) groups excluding carboxylic acids is 3. The van der Waals surface area contributed by atoms with E-state index in [1.165, 1.54) is 7.11 Å². The molecule has 2 atom stereocenters. The van der Waals surface area contributed by atoms with E-state index in [0.717, 1.165) is 0 Å². The largest absolute Gasteiger partial charge is 0.469 e. The lowest BCUT2D eigenvalue weighted by atomic mass is 9.83. The molecule has 0 radical (unpaired) electrons. The number of rotatable bonds is 8. The van der Waals surface area contributed by atoms with Crippen LogP contribution in [0.15, 0.2) is 24.3 Å². The fourth-order valence-electron chi connectivity index (χ4n) is 3.39. The van der Waals surface area contributed by atoms with E-state index in [1.807, 2.05) is 6.07 Å². The predicted molar refractivity (Wildman–Crippen MR) is 92.4 cm³/mol. The van der Waals surface area contributed by atoms with Crippen molar-refractivity contribution in [2.75, 3.05) is 20.3 Å². The molecule has 26 heavy (non-hydrogen) atoms. The van der Waals surface area contributed by atoms with Gasteiger partial charge in [-0.2, -0.15) is 5.26 Å². The van der Waals surface area contributed by atoms with Crippen molar-refractivity contribution in [1.29, 1.82) is 5.26 Å². The normalized spacial score (nSPS) is 20.5. The predicted octanol–water partition coefficient (Wildman–Crippen LogP) is 2.32. The number of carbonyl (C=O) groups is 3. The van der Waals surface area contributed by atoms with Crippen LogP contribution in [0.1, 0.15) is 33.1 Å². The average molecular weight is 363 g/mol. The Morgan fingerprint density at radius 1 is 1.12 bits per heavy atom. The quantitative estimate of drug-likeness (QED) is 0.214. The summed E-state index contributed by atoms with van der Waals surface area (Å²) < 4.78 is 15.0. The maximum Gasteiger partial charge on any atom is 0.323 e. The Balaban J connectivity index is 3.31. The van der Waals surface area contributed by atoms with Crippen molar-refractivity contribution in [3.8, 4) is 6.07 Å². The zero-order chi connectivity index (χ0) is 19.9. The van der Waals surface area contributed by atoms with Gasteiger partial charge in [-0.05, 0) is 44.1 Å². The lowest BCUT2D eigenvalue weighted by molar-refractivity contribution is -0.172. The molecule has 0 saturated heterocycles. The van der Waals surface area contributed by atoms with Gasteiger partial charge in [0.05, 0.1) is 26.4 Å². The van der Waals surface area contributed by atoms with Gasteiger partial charge in [0, 0.05) is 12.0 Å². The molecule has 142 valence electrons. The summed E-state index contributed by atoms with van der Waals surface area (Å²) in [7, 11) is 1.26. The number of allylic oxidation sites excluding steroid dienone is 2. The molecule has 1 rings (SSSR count). The van der Waals surface area contributed by atoms with Gasteiger partial charge >= 0.3 is 17.9 Å². The van der Waals surface area contributed by atoms with E-state index in [9.17, 15) is 14.4 Å². The topological polar surface area (TPSA) is 103 Å². The van der Waals surface area contributed by atoms with E-state index >= 15 is 0 Å². The first-order valence-electron chi connectivity index (χ1n) is 8.46. The molecule has 0 aromatic carbocycles. The van der Waals surface area contributed by atoms with Crippen molar-refractivity contribution < 1.29 is 28.6 Å². The highest BCUT2D eigenvalue weighted by Crippen LogP contribution is 2.52. The van der Waals surface area contributed by atoms with Crippen LogP contribution in [-0.4, -0.2) is 38.2 Å². The zero-order valence-electron chi connectivity index (χ0n) is 15.5. The third-order valence-corrected chi connectivity index (χ3v) is 4.71. The number of hydrogen-bond donors (Lipinski definition) is 0. The summed E-state index contributed by atoms with van der Waals surface area (Å²) in [4.78, 5) is 37.1. The molecule has 0 amide bonds. The van der Waals surface area contributed by atoms with Gasteiger partial charge in [0.25, 0.3) is 0 Å². The van der Waals surface area contributed by atoms with Gasteiger partial charge in [0.1, 0.15) is 0 Å². The first-order valence-corrected chi connectivity index (χ1v) is 8.46. The summed E-state index contributed by atoms with van der Waals surface area (Å²) >= 11 is 0. The zero-order valence-corrected chi connectivity index (χ0v) is 15.5. The molecule has 1 saturated carbocycles. The lowest BCUT2D eigenvalue weighted by Gasteiger charge is -2.24. The van der Waals surface area contributed by atoms with E-state index in [2.05, 4.69) is 13.2 Å². The first kappa shape index (κ1) is 21.4. The highest BCUT2D eigenvalue weighted by atomic mass is 16.6. The second-order valence-electron chi connectivity index (χ2n) is 6.19. The highest BCUT2D eigenvalue weighted by molar-refractivity contribution is 6.00. The highest BCUT2D eigenvalue weighted by Gasteiger charge is 2.58. The standard InChI is InChI=1S/C19H25NO6/c1-6-25-17(22)19(18(23)26-7-2)9-14(8-16(21)24-5)15(10-19)13(4)12(3)11-20/h14-15H,3-4,6-10H2,1-2,5H3/t14-,15-/m0/s1. The molecular formula is C19H25NO6. The van der Waals surface area contributed by atoms with Gasteiger partial charge in [-0.25, -0.2) is 0 Å². The monoisotopic (exact) mass is 363 g/mol. The minimum Gasteiger partial charge on any atom is -0.469 e. The van der Waals surface area contributed by atoms with Crippen LogP contribution in [0, 0.1) is 28.6 Å². The van der Waals surface area contributed by atoms with Crippen LogP contribution in [0.4, 0.5) is 0 Å². The Bertz CT molecular complexity index is 627. The van der Waals surface area contributed by atoms with Crippen LogP contribution in [0.25, 0.3) is 0 Å². The van der Waals surface area contributed by atoms with E-state index in [-0.39, 0.29) is 38.0 Å². The van der Waals surface area contributed by atoms with E-state index < -0.39 is 35.2 Å². The lowest BCUT2D eigenvalue weighted by Crippen LogP contribution is -2.40. The second-order valence-corrected chi connectivity index (χ2v) is 6.19. The smallest absolute Gasteiger partial charge is 0.323 e. The number of ether oxygens (including phenoxy) is 3. The van der Waals surface area contributed by atoms with Crippen LogP contribution in [-0.2, 0) is 28.6 Å². The maximum absolute atomic E-state index is 12.6.